The highest BCUT2D eigenvalue weighted by Crippen LogP contribution is 2.19. The minimum absolute atomic E-state index is 0.126. The standard InChI is InChI=1S/C13H25NO4/c1-10(2)18-9-12(15)8-14-5-3-4-11(7-14)6-13(16)17/h10-12,15H,3-9H2,1-2H3,(H,16,17). The van der Waals surface area contributed by atoms with E-state index < -0.39 is 12.1 Å². The van der Waals surface area contributed by atoms with Crippen LogP contribution in [0.4, 0.5) is 0 Å². The van der Waals surface area contributed by atoms with E-state index in [1.807, 2.05) is 13.8 Å². The van der Waals surface area contributed by atoms with Crippen LogP contribution >= 0.6 is 0 Å². The quantitative estimate of drug-likeness (QED) is 0.712. The first-order valence-corrected chi connectivity index (χ1v) is 6.71. The van der Waals surface area contributed by atoms with Crippen molar-refractivity contribution in [3.63, 3.8) is 0 Å². The fourth-order valence-electron chi connectivity index (χ4n) is 2.38. The van der Waals surface area contributed by atoms with Gasteiger partial charge in [-0.2, -0.15) is 0 Å². The zero-order chi connectivity index (χ0) is 13.5. The first-order chi connectivity index (χ1) is 8.47. The van der Waals surface area contributed by atoms with E-state index >= 15 is 0 Å². The summed E-state index contributed by atoms with van der Waals surface area (Å²) >= 11 is 0. The van der Waals surface area contributed by atoms with E-state index in [9.17, 15) is 9.90 Å². The van der Waals surface area contributed by atoms with E-state index in [-0.39, 0.29) is 18.4 Å². The fraction of sp³-hybridized carbons (Fsp3) is 0.923. The van der Waals surface area contributed by atoms with Crippen LogP contribution in [0.1, 0.15) is 33.1 Å². The number of nitrogens with zero attached hydrogens (tertiary/aromatic N) is 1. The van der Waals surface area contributed by atoms with Crippen molar-refractivity contribution in [3.8, 4) is 0 Å². The van der Waals surface area contributed by atoms with Gasteiger partial charge in [-0.1, -0.05) is 0 Å². The second-order valence-electron chi connectivity index (χ2n) is 5.40. The molecule has 0 aliphatic carbocycles. The first kappa shape index (κ1) is 15.4. The Morgan fingerprint density at radius 2 is 2.22 bits per heavy atom. The van der Waals surface area contributed by atoms with Gasteiger partial charge in [0, 0.05) is 19.5 Å². The lowest BCUT2D eigenvalue weighted by atomic mass is 9.95. The predicted molar refractivity (Wildman–Crippen MR) is 68.5 cm³/mol. The van der Waals surface area contributed by atoms with Crippen LogP contribution in [0.3, 0.4) is 0 Å². The second kappa shape index (κ2) is 7.71. The molecule has 1 saturated heterocycles. The summed E-state index contributed by atoms with van der Waals surface area (Å²) < 4.78 is 5.37. The van der Waals surface area contributed by atoms with Crippen molar-refractivity contribution < 1.29 is 19.7 Å². The number of carboxylic acid groups (broad SMARTS) is 1. The number of carboxylic acids is 1. The number of rotatable bonds is 7. The Balaban J connectivity index is 2.26. The number of aliphatic hydroxyl groups excluding tert-OH is 1. The molecular formula is C13H25NO4. The number of aliphatic hydroxyl groups is 1. The van der Waals surface area contributed by atoms with Gasteiger partial charge in [0.25, 0.3) is 0 Å². The Hall–Kier alpha value is -0.650. The lowest BCUT2D eigenvalue weighted by Gasteiger charge is -2.33. The molecule has 5 nitrogen and oxygen atoms in total. The summed E-state index contributed by atoms with van der Waals surface area (Å²) in [4.78, 5) is 12.8. The average molecular weight is 259 g/mol. The van der Waals surface area contributed by atoms with Crippen LogP contribution in [0.2, 0.25) is 0 Å². The van der Waals surface area contributed by atoms with Crippen LogP contribution in [0, 0.1) is 5.92 Å². The van der Waals surface area contributed by atoms with Crippen molar-refractivity contribution >= 4 is 5.97 Å². The number of aliphatic carboxylic acids is 1. The van der Waals surface area contributed by atoms with Crippen LogP contribution in [-0.4, -0.2) is 59.5 Å². The summed E-state index contributed by atoms with van der Waals surface area (Å²) in [5, 5.41) is 18.6. The Bertz CT molecular complexity index is 257. The summed E-state index contributed by atoms with van der Waals surface area (Å²) in [6.07, 6.45) is 1.85. The van der Waals surface area contributed by atoms with Gasteiger partial charge in [-0.3, -0.25) is 4.79 Å². The number of likely N-dealkylation sites (tertiary alicyclic amines) is 1. The van der Waals surface area contributed by atoms with Gasteiger partial charge >= 0.3 is 5.97 Å². The number of hydrogen-bond acceptors (Lipinski definition) is 4. The molecule has 1 heterocycles. The number of β-amino-alcohol motifs (C(OH)–C–C–N with tert-alkyl or cyclic N) is 1. The Morgan fingerprint density at radius 1 is 1.50 bits per heavy atom. The highest BCUT2D eigenvalue weighted by molar-refractivity contribution is 5.67. The van der Waals surface area contributed by atoms with Crippen molar-refractivity contribution in [1.29, 1.82) is 0 Å². The summed E-state index contributed by atoms with van der Waals surface area (Å²) in [6.45, 7) is 6.51. The van der Waals surface area contributed by atoms with Gasteiger partial charge in [-0.25, -0.2) is 0 Å². The Labute approximate surface area is 109 Å². The molecule has 0 bridgehead atoms. The molecule has 1 fully saturated rings. The summed E-state index contributed by atoms with van der Waals surface area (Å²) in [6, 6.07) is 0. The van der Waals surface area contributed by atoms with E-state index in [1.54, 1.807) is 0 Å². The molecule has 1 aliphatic rings. The summed E-state index contributed by atoms with van der Waals surface area (Å²) in [5.41, 5.74) is 0. The van der Waals surface area contributed by atoms with E-state index in [1.165, 1.54) is 0 Å². The summed E-state index contributed by atoms with van der Waals surface area (Å²) in [5.74, 6) is -0.514. The molecule has 1 aliphatic heterocycles. The molecule has 0 amide bonds. The van der Waals surface area contributed by atoms with Crippen LogP contribution in [0.25, 0.3) is 0 Å². The number of ether oxygens (including phenoxy) is 1. The van der Waals surface area contributed by atoms with E-state index in [0.717, 1.165) is 25.9 Å². The molecular weight excluding hydrogens is 234 g/mol. The maximum Gasteiger partial charge on any atom is 0.303 e. The molecule has 2 atom stereocenters. The van der Waals surface area contributed by atoms with E-state index in [2.05, 4.69) is 4.90 Å². The molecule has 0 aromatic rings. The third kappa shape index (κ3) is 6.33. The van der Waals surface area contributed by atoms with Gasteiger partial charge in [0.1, 0.15) is 0 Å². The number of piperidine rings is 1. The monoisotopic (exact) mass is 259 g/mol. The normalized spacial score (nSPS) is 23.2. The van der Waals surface area contributed by atoms with Crippen molar-refractivity contribution in [2.24, 2.45) is 5.92 Å². The third-order valence-electron chi connectivity index (χ3n) is 3.16. The topological polar surface area (TPSA) is 70.0 Å². The largest absolute Gasteiger partial charge is 0.481 e. The second-order valence-corrected chi connectivity index (χ2v) is 5.40. The van der Waals surface area contributed by atoms with Gasteiger partial charge in [-0.15, -0.1) is 0 Å². The summed E-state index contributed by atoms with van der Waals surface area (Å²) in [7, 11) is 0. The molecule has 2 unspecified atom stereocenters. The van der Waals surface area contributed by atoms with Crippen molar-refractivity contribution in [1.82, 2.24) is 4.90 Å². The van der Waals surface area contributed by atoms with Crippen molar-refractivity contribution in [3.05, 3.63) is 0 Å². The smallest absolute Gasteiger partial charge is 0.303 e. The van der Waals surface area contributed by atoms with Crippen LogP contribution in [-0.2, 0) is 9.53 Å². The van der Waals surface area contributed by atoms with E-state index in [4.69, 9.17) is 9.84 Å². The lowest BCUT2D eigenvalue weighted by Crippen LogP contribution is -2.42. The minimum atomic E-state index is -0.731. The lowest BCUT2D eigenvalue weighted by molar-refractivity contribution is -0.138. The number of carbonyl (C=O) groups is 1. The highest BCUT2D eigenvalue weighted by atomic mass is 16.5. The first-order valence-electron chi connectivity index (χ1n) is 6.71. The zero-order valence-corrected chi connectivity index (χ0v) is 11.3. The zero-order valence-electron chi connectivity index (χ0n) is 11.3. The van der Waals surface area contributed by atoms with E-state index in [0.29, 0.717) is 13.2 Å². The molecule has 18 heavy (non-hydrogen) atoms. The van der Waals surface area contributed by atoms with Crippen molar-refractivity contribution in [2.45, 2.75) is 45.3 Å². The molecule has 0 aromatic carbocycles. The third-order valence-corrected chi connectivity index (χ3v) is 3.16. The maximum absolute atomic E-state index is 10.7. The Kier molecular flexibility index (Phi) is 6.60. The van der Waals surface area contributed by atoms with Crippen LogP contribution in [0.5, 0.6) is 0 Å². The van der Waals surface area contributed by atoms with Crippen molar-refractivity contribution in [2.75, 3.05) is 26.2 Å². The average Bonchev–Trinajstić information content (AvgIpc) is 2.26. The van der Waals surface area contributed by atoms with Crippen LogP contribution < -0.4 is 0 Å². The molecule has 106 valence electrons. The fourth-order valence-corrected chi connectivity index (χ4v) is 2.38. The van der Waals surface area contributed by atoms with Gasteiger partial charge < -0.3 is 19.8 Å². The minimum Gasteiger partial charge on any atom is -0.481 e. The van der Waals surface area contributed by atoms with Gasteiger partial charge in [0.2, 0.25) is 0 Å². The molecule has 0 saturated carbocycles. The van der Waals surface area contributed by atoms with Gasteiger partial charge in [0.05, 0.1) is 18.8 Å². The Morgan fingerprint density at radius 3 is 2.83 bits per heavy atom. The molecule has 0 aromatic heterocycles. The highest BCUT2D eigenvalue weighted by Gasteiger charge is 2.23. The molecule has 1 rings (SSSR count). The number of hydrogen-bond donors (Lipinski definition) is 2. The molecule has 5 heteroatoms. The van der Waals surface area contributed by atoms with Crippen LogP contribution in [0.15, 0.2) is 0 Å². The van der Waals surface area contributed by atoms with Gasteiger partial charge in [-0.05, 0) is 39.2 Å². The maximum atomic E-state index is 10.7. The predicted octanol–water partition coefficient (Wildman–Crippen LogP) is 0.959. The molecule has 0 radical (unpaired) electrons. The van der Waals surface area contributed by atoms with Gasteiger partial charge in [0.15, 0.2) is 0 Å². The molecule has 0 spiro atoms. The SMILES string of the molecule is CC(C)OCC(O)CN1CCCC(CC(=O)O)C1. The molecule has 2 N–H and O–H groups in total.